The van der Waals surface area contributed by atoms with Crippen LogP contribution in [0.1, 0.15) is 11.3 Å². The molecular formula is C13H14N4O2. The first-order valence-electron chi connectivity index (χ1n) is 5.75. The number of aryl methyl sites for hydroxylation is 1. The maximum atomic E-state index is 10.6. The molecule has 1 aromatic heterocycles. The lowest BCUT2D eigenvalue weighted by atomic mass is 10.2. The predicted octanol–water partition coefficient (Wildman–Crippen LogP) is 2.49. The number of anilines is 2. The summed E-state index contributed by atoms with van der Waals surface area (Å²) >= 11 is 0. The first-order valence-corrected chi connectivity index (χ1v) is 5.75. The van der Waals surface area contributed by atoms with Crippen LogP contribution in [0.2, 0.25) is 0 Å². The van der Waals surface area contributed by atoms with Crippen molar-refractivity contribution in [2.24, 2.45) is 0 Å². The van der Waals surface area contributed by atoms with E-state index in [1.54, 1.807) is 18.3 Å². The van der Waals surface area contributed by atoms with Crippen molar-refractivity contribution in [3.05, 3.63) is 57.9 Å². The van der Waals surface area contributed by atoms with Gasteiger partial charge in [-0.25, -0.2) is 0 Å². The molecule has 98 valence electrons. The smallest absolute Gasteiger partial charge is 0.292 e. The fourth-order valence-corrected chi connectivity index (χ4v) is 1.64. The number of nitrogens with two attached hydrogens (primary N) is 1. The third-order valence-corrected chi connectivity index (χ3v) is 2.69. The van der Waals surface area contributed by atoms with E-state index in [-0.39, 0.29) is 11.4 Å². The largest absolute Gasteiger partial charge is 0.393 e. The van der Waals surface area contributed by atoms with Gasteiger partial charge >= 0.3 is 0 Å². The van der Waals surface area contributed by atoms with E-state index in [2.05, 4.69) is 10.3 Å². The first-order chi connectivity index (χ1) is 9.06. The van der Waals surface area contributed by atoms with Crippen LogP contribution in [0.3, 0.4) is 0 Å². The summed E-state index contributed by atoms with van der Waals surface area (Å²) in [7, 11) is 0. The number of hydrogen-bond donors (Lipinski definition) is 2. The van der Waals surface area contributed by atoms with Gasteiger partial charge in [-0.1, -0.05) is 6.07 Å². The lowest BCUT2D eigenvalue weighted by Crippen LogP contribution is -2.02. The van der Waals surface area contributed by atoms with Crippen LogP contribution in [0, 0.1) is 17.0 Å². The van der Waals surface area contributed by atoms with Crippen molar-refractivity contribution < 1.29 is 4.92 Å². The second-order valence-electron chi connectivity index (χ2n) is 4.19. The van der Waals surface area contributed by atoms with Crippen LogP contribution in [0.5, 0.6) is 0 Å². The summed E-state index contributed by atoms with van der Waals surface area (Å²) < 4.78 is 0. The van der Waals surface area contributed by atoms with E-state index in [1.165, 1.54) is 6.07 Å². The Bertz CT molecular complexity index is 596. The Labute approximate surface area is 110 Å². The summed E-state index contributed by atoms with van der Waals surface area (Å²) in [5, 5.41) is 13.8. The van der Waals surface area contributed by atoms with Gasteiger partial charge in [0.05, 0.1) is 4.92 Å². The monoisotopic (exact) mass is 258 g/mol. The number of nitrogens with zero attached hydrogens (tertiary/aromatic N) is 2. The summed E-state index contributed by atoms with van der Waals surface area (Å²) in [6.07, 6.45) is 1.79. The Hall–Kier alpha value is -2.63. The van der Waals surface area contributed by atoms with Crippen molar-refractivity contribution >= 4 is 17.1 Å². The van der Waals surface area contributed by atoms with E-state index in [0.717, 1.165) is 16.9 Å². The maximum Gasteiger partial charge on any atom is 0.292 e. The fourth-order valence-electron chi connectivity index (χ4n) is 1.64. The van der Waals surface area contributed by atoms with Gasteiger partial charge in [0, 0.05) is 30.2 Å². The molecule has 0 aliphatic carbocycles. The molecule has 0 radical (unpaired) electrons. The molecule has 0 atom stereocenters. The SMILES string of the molecule is Cc1ccc(CNc2ccc([N+](=O)[O-])c(N)c2)cn1. The highest BCUT2D eigenvalue weighted by Crippen LogP contribution is 2.24. The number of rotatable bonds is 4. The molecule has 0 aliphatic rings. The topological polar surface area (TPSA) is 94.1 Å². The van der Waals surface area contributed by atoms with Crippen molar-refractivity contribution in [2.45, 2.75) is 13.5 Å². The Kier molecular flexibility index (Phi) is 3.61. The van der Waals surface area contributed by atoms with Crippen LogP contribution in [0.4, 0.5) is 17.1 Å². The van der Waals surface area contributed by atoms with Crippen LogP contribution >= 0.6 is 0 Å². The number of benzene rings is 1. The zero-order chi connectivity index (χ0) is 13.8. The number of nitrogens with one attached hydrogen (secondary N) is 1. The average Bonchev–Trinajstić information content (AvgIpc) is 2.37. The van der Waals surface area contributed by atoms with Crippen LogP contribution in [0.25, 0.3) is 0 Å². The second-order valence-corrected chi connectivity index (χ2v) is 4.19. The Morgan fingerprint density at radius 3 is 2.74 bits per heavy atom. The van der Waals surface area contributed by atoms with Gasteiger partial charge < -0.3 is 11.1 Å². The quantitative estimate of drug-likeness (QED) is 0.499. The lowest BCUT2D eigenvalue weighted by Gasteiger charge is -2.07. The van der Waals surface area contributed by atoms with Crippen LogP contribution in [-0.2, 0) is 6.54 Å². The van der Waals surface area contributed by atoms with Crippen LogP contribution in [0.15, 0.2) is 36.5 Å². The molecule has 0 aliphatic heterocycles. The second kappa shape index (κ2) is 5.34. The molecule has 0 saturated heterocycles. The lowest BCUT2D eigenvalue weighted by molar-refractivity contribution is -0.383. The minimum absolute atomic E-state index is 0.0810. The average molecular weight is 258 g/mol. The molecule has 0 spiro atoms. The van der Waals surface area contributed by atoms with Crippen molar-refractivity contribution in [1.82, 2.24) is 4.98 Å². The summed E-state index contributed by atoms with van der Waals surface area (Å²) in [6, 6.07) is 8.49. The summed E-state index contributed by atoms with van der Waals surface area (Å²) in [5.41, 5.74) is 8.42. The third kappa shape index (κ3) is 3.19. The molecule has 0 bridgehead atoms. The van der Waals surface area contributed by atoms with Crippen molar-refractivity contribution in [2.75, 3.05) is 11.1 Å². The number of nitro benzene ring substituents is 1. The van der Waals surface area contributed by atoms with Gasteiger partial charge in [0.15, 0.2) is 0 Å². The van der Waals surface area contributed by atoms with Gasteiger partial charge in [-0.3, -0.25) is 15.1 Å². The summed E-state index contributed by atoms with van der Waals surface area (Å²) in [6.45, 7) is 2.51. The first kappa shape index (κ1) is 12.8. The molecule has 0 unspecified atom stereocenters. The Balaban J connectivity index is 2.06. The number of hydrogen-bond acceptors (Lipinski definition) is 5. The maximum absolute atomic E-state index is 10.6. The summed E-state index contributed by atoms with van der Waals surface area (Å²) in [5.74, 6) is 0. The highest BCUT2D eigenvalue weighted by atomic mass is 16.6. The minimum atomic E-state index is -0.497. The molecule has 2 rings (SSSR count). The molecule has 1 heterocycles. The number of pyridine rings is 1. The Morgan fingerprint density at radius 1 is 1.37 bits per heavy atom. The number of nitro groups is 1. The molecule has 6 nitrogen and oxygen atoms in total. The van der Waals surface area contributed by atoms with Crippen LogP contribution in [-0.4, -0.2) is 9.91 Å². The molecule has 0 fully saturated rings. The van der Waals surface area contributed by atoms with E-state index >= 15 is 0 Å². The highest BCUT2D eigenvalue weighted by Gasteiger charge is 2.10. The van der Waals surface area contributed by atoms with Gasteiger partial charge in [0.2, 0.25) is 0 Å². The minimum Gasteiger partial charge on any atom is -0.393 e. The van der Waals surface area contributed by atoms with Gasteiger partial charge in [0.25, 0.3) is 5.69 Å². The van der Waals surface area contributed by atoms with E-state index in [0.29, 0.717) is 6.54 Å². The van der Waals surface area contributed by atoms with Crippen molar-refractivity contribution in [3.63, 3.8) is 0 Å². The zero-order valence-electron chi connectivity index (χ0n) is 10.5. The highest BCUT2D eigenvalue weighted by molar-refractivity contribution is 5.65. The van der Waals surface area contributed by atoms with Gasteiger partial charge in [-0.15, -0.1) is 0 Å². The standard InChI is InChI=1S/C13H14N4O2/c1-9-2-3-10(7-15-9)8-16-11-4-5-13(17(18)19)12(14)6-11/h2-7,16H,8,14H2,1H3. The molecule has 0 saturated carbocycles. The van der Waals surface area contributed by atoms with Crippen molar-refractivity contribution in [1.29, 1.82) is 0 Å². The van der Waals surface area contributed by atoms with E-state index in [4.69, 9.17) is 5.73 Å². The number of aromatic nitrogens is 1. The van der Waals surface area contributed by atoms with Gasteiger partial charge in [0.1, 0.15) is 5.69 Å². The van der Waals surface area contributed by atoms with E-state index in [1.807, 2.05) is 19.1 Å². The van der Waals surface area contributed by atoms with Gasteiger partial charge in [-0.05, 0) is 30.7 Å². The molecule has 0 amide bonds. The van der Waals surface area contributed by atoms with E-state index < -0.39 is 4.92 Å². The number of nitrogen functional groups attached to an aromatic ring is 1. The van der Waals surface area contributed by atoms with E-state index in [9.17, 15) is 10.1 Å². The molecular weight excluding hydrogens is 244 g/mol. The molecule has 1 aromatic carbocycles. The fraction of sp³-hybridized carbons (Fsp3) is 0.154. The van der Waals surface area contributed by atoms with Crippen molar-refractivity contribution in [3.8, 4) is 0 Å². The molecule has 6 heteroatoms. The van der Waals surface area contributed by atoms with Gasteiger partial charge in [-0.2, -0.15) is 0 Å². The summed E-state index contributed by atoms with van der Waals surface area (Å²) in [4.78, 5) is 14.3. The third-order valence-electron chi connectivity index (χ3n) is 2.69. The normalized spacial score (nSPS) is 10.2. The zero-order valence-corrected chi connectivity index (χ0v) is 10.5. The van der Waals surface area contributed by atoms with Crippen LogP contribution < -0.4 is 11.1 Å². The molecule has 19 heavy (non-hydrogen) atoms. The molecule has 3 N–H and O–H groups in total. The molecule has 2 aromatic rings. The predicted molar refractivity (Wildman–Crippen MR) is 73.8 cm³/mol. The Morgan fingerprint density at radius 2 is 2.16 bits per heavy atom.